The molecule has 3 heterocycles. The second kappa shape index (κ2) is 9.09. The minimum Gasteiger partial charge on any atom is -0.450 e. The first-order valence-corrected chi connectivity index (χ1v) is 9.77. The summed E-state index contributed by atoms with van der Waals surface area (Å²) in [6.07, 6.45) is 4.28. The Hall–Kier alpha value is -2.26. The van der Waals surface area contributed by atoms with Gasteiger partial charge in [-0.15, -0.1) is 0 Å². The fourth-order valence-electron chi connectivity index (χ4n) is 3.15. The van der Waals surface area contributed by atoms with Crippen LogP contribution in [0.1, 0.15) is 20.3 Å². The van der Waals surface area contributed by atoms with Gasteiger partial charge in [-0.25, -0.2) is 9.48 Å². The van der Waals surface area contributed by atoms with Gasteiger partial charge in [0.2, 0.25) is 0 Å². The van der Waals surface area contributed by atoms with Crippen LogP contribution in [-0.2, 0) is 18.0 Å². The summed E-state index contributed by atoms with van der Waals surface area (Å²) in [6, 6.07) is 3.90. The summed E-state index contributed by atoms with van der Waals surface area (Å²) >= 11 is 5.68. The van der Waals surface area contributed by atoms with Gasteiger partial charge in [0.1, 0.15) is 0 Å². The van der Waals surface area contributed by atoms with Crippen LogP contribution in [0.5, 0.6) is 0 Å². The second-order valence-corrected chi connectivity index (χ2v) is 6.80. The zero-order valence-corrected chi connectivity index (χ0v) is 16.7. The highest BCUT2D eigenvalue weighted by Crippen LogP contribution is 2.18. The molecule has 0 saturated carbocycles. The van der Waals surface area contributed by atoms with Crippen molar-refractivity contribution >= 4 is 18.3 Å². The molecule has 1 aliphatic rings. The molecule has 0 aliphatic carbocycles. The minimum atomic E-state index is -0.235. The van der Waals surface area contributed by atoms with Gasteiger partial charge in [-0.1, -0.05) is 6.92 Å². The Bertz CT molecular complexity index is 811. The van der Waals surface area contributed by atoms with E-state index >= 15 is 0 Å². The molecular weight excluding hydrogens is 364 g/mol. The van der Waals surface area contributed by atoms with Crippen LogP contribution in [0.4, 0.5) is 4.79 Å². The average molecular weight is 391 g/mol. The summed E-state index contributed by atoms with van der Waals surface area (Å²) in [6.45, 7) is 8.64. The first kappa shape index (κ1) is 19.5. The number of amides is 1. The molecule has 8 nitrogen and oxygen atoms in total. The van der Waals surface area contributed by atoms with Gasteiger partial charge < -0.3 is 9.64 Å². The number of hydrogen-bond donors (Lipinski definition) is 0. The zero-order chi connectivity index (χ0) is 19.2. The third kappa shape index (κ3) is 4.54. The summed E-state index contributed by atoms with van der Waals surface area (Å²) in [5.74, 6) is 0.870. The highest BCUT2D eigenvalue weighted by Gasteiger charge is 2.23. The second-order valence-electron chi connectivity index (χ2n) is 6.44. The minimum absolute atomic E-state index is 0.235. The Morgan fingerprint density at radius 2 is 1.89 bits per heavy atom. The van der Waals surface area contributed by atoms with Crippen LogP contribution in [0.2, 0.25) is 0 Å². The number of carbonyl (C=O) groups is 1. The van der Waals surface area contributed by atoms with Crippen LogP contribution in [0.3, 0.4) is 0 Å². The lowest BCUT2D eigenvalue weighted by Crippen LogP contribution is -2.49. The molecule has 1 fully saturated rings. The van der Waals surface area contributed by atoms with E-state index in [1.54, 1.807) is 17.3 Å². The molecule has 27 heavy (non-hydrogen) atoms. The maximum atomic E-state index is 11.8. The SMILES string of the molecule is CCCn1c(-c2ccncc2)nn(CN2CCN(C(=O)OCC)CC2)c1=S. The molecule has 1 aliphatic heterocycles. The lowest BCUT2D eigenvalue weighted by atomic mass is 10.2. The normalized spacial score (nSPS) is 15.1. The number of hydrogen-bond acceptors (Lipinski definition) is 6. The van der Waals surface area contributed by atoms with Gasteiger partial charge in [0, 0.05) is 50.7 Å². The quantitative estimate of drug-likeness (QED) is 0.707. The number of piperazine rings is 1. The van der Waals surface area contributed by atoms with Gasteiger partial charge in [-0.05, 0) is 37.7 Å². The molecule has 0 aromatic carbocycles. The van der Waals surface area contributed by atoms with Crippen LogP contribution in [0.15, 0.2) is 24.5 Å². The van der Waals surface area contributed by atoms with E-state index in [9.17, 15) is 4.79 Å². The van der Waals surface area contributed by atoms with Crippen molar-refractivity contribution in [1.29, 1.82) is 0 Å². The number of ether oxygens (including phenoxy) is 1. The third-order valence-corrected chi connectivity index (χ3v) is 4.97. The first-order valence-electron chi connectivity index (χ1n) is 9.36. The molecule has 2 aromatic heterocycles. The fraction of sp³-hybridized carbons (Fsp3) is 0.556. The molecule has 3 rings (SSSR count). The molecule has 146 valence electrons. The Labute approximate surface area is 164 Å². The largest absolute Gasteiger partial charge is 0.450 e. The highest BCUT2D eigenvalue weighted by molar-refractivity contribution is 7.71. The van der Waals surface area contributed by atoms with Crippen molar-refractivity contribution in [3.8, 4) is 11.4 Å². The molecule has 1 saturated heterocycles. The standard InChI is InChI=1S/C18H26N6O2S/c1-3-9-23-16(15-5-7-19-8-6-15)20-24(17(23)27)14-21-10-12-22(13-11-21)18(25)26-4-2/h5-8H,3-4,9-14H2,1-2H3. The molecule has 2 aromatic rings. The van der Waals surface area contributed by atoms with Crippen molar-refractivity contribution < 1.29 is 9.53 Å². The predicted octanol–water partition coefficient (Wildman–Crippen LogP) is 2.62. The average Bonchev–Trinajstić information content (AvgIpc) is 2.99. The lowest BCUT2D eigenvalue weighted by Gasteiger charge is -2.33. The van der Waals surface area contributed by atoms with Gasteiger partial charge in [0.15, 0.2) is 10.6 Å². The Kier molecular flexibility index (Phi) is 6.57. The first-order chi connectivity index (χ1) is 13.1. The Balaban J connectivity index is 1.73. The molecule has 0 atom stereocenters. The summed E-state index contributed by atoms with van der Waals surface area (Å²) in [5, 5.41) is 4.78. The van der Waals surface area contributed by atoms with Crippen LogP contribution < -0.4 is 0 Å². The van der Waals surface area contributed by atoms with E-state index in [1.165, 1.54) is 0 Å². The van der Waals surface area contributed by atoms with Crippen molar-refractivity contribution in [1.82, 2.24) is 29.1 Å². The summed E-state index contributed by atoms with van der Waals surface area (Å²) in [7, 11) is 0. The maximum Gasteiger partial charge on any atom is 0.409 e. The molecule has 0 unspecified atom stereocenters. The summed E-state index contributed by atoms with van der Waals surface area (Å²) in [5.41, 5.74) is 1.01. The fourth-order valence-corrected chi connectivity index (χ4v) is 3.43. The summed E-state index contributed by atoms with van der Waals surface area (Å²) < 4.78 is 9.75. The summed E-state index contributed by atoms with van der Waals surface area (Å²) in [4.78, 5) is 19.9. The highest BCUT2D eigenvalue weighted by atomic mass is 32.1. The van der Waals surface area contributed by atoms with Gasteiger partial charge in [-0.3, -0.25) is 14.5 Å². The van der Waals surface area contributed by atoms with Crippen molar-refractivity contribution in [2.24, 2.45) is 0 Å². The van der Waals surface area contributed by atoms with Crippen molar-refractivity contribution in [2.45, 2.75) is 33.5 Å². The zero-order valence-electron chi connectivity index (χ0n) is 15.9. The molecule has 0 bridgehead atoms. The van der Waals surface area contributed by atoms with Crippen LogP contribution in [0.25, 0.3) is 11.4 Å². The van der Waals surface area contributed by atoms with Crippen molar-refractivity contribution in [2.75, 3.05) is 32.8 Å². The predicted molar refractivity (Wildman–Crippen MR) is 105 cm³/mol. The van der Waals surface area contributed by atoms with E-state index in [0.717, 1.165) is 42.2 Å². The van der Waals surface area contributed by atoms with E-state index in [2.05, 4.69) is 21.4 Å². The smallest absolute Gasteiger partial charge is 0.409 e. The number of aromatic nitrogens is 4. The number of carbonyl (C=O) groups excluding carboxylic acids is 1. The van der Waals surface area contributed by atoms with Crippen LogP contribution in [-0.4, -0.2) is 68.0 Å². The van der Waals surface area contributed by atoms with E-state index < -0.39 is 0 Å². The van der Waals surface area contributed by atoms with E-state index in [4.69, 9.17) is 22.1 Å². The molecule has 1 amide bonds. The number of pyridine rings is 1. The lowest BCUT2D eigenvalue weighted by molar-refractivity contribution is 0.0690. The monoisotopic (exact) mass is 390 g/mol. The third-order valence-electron chi connectivity index (χ3n) is 4.54. The topological polar surface area (TPSA) is 68.4 Å². The van der Waals surface area contributed by atoms with Crippen molar-refractivity contribution in [3.63, 3.8) is 0 Å². The molecule has 9 heteroatoms. The van der Waals surface area contributed by atoms with E-state index in [-0.39, 0.29) is 6.09 Å². The maximum absolute atomic E-state index is 11.8. The van der Waals surface area contributed by atoms with Gasteiger partial charge in [0.05, 0.1) is 13.3 Å². The van der Waals surface area contributed by atoms with E-state index in [1.807, 2.05) is 23.7 Å². The van der Waals surface area contributed by atoms with Crippen LogP contribution in [0, 0.1) is 4.77 Å². The van der Waals surface area contributed by atoms with E-state index in [0.29, 0.717) is 26.4 Å². The van der Waals surface area contributed by atoms with Gasteiger partial charge >= 0.3 is 6.09 Å². The number of nitrogens with zero attached hydrogens (tertiary/aromatic N) is 6. The van der Waals surface area contributed by atoms with Crippen LogP contribution >= 0.6 is 12.2 Å². The molecule has 0 radical (unpaired) electrons. The molecule has 0 N–H and O–H groups in total. The van der Waals surface area contributed by atoms with Gasteiger partial charge in [0.25, 0.3) is 0 Å². The Morgan fingerprint density at radius 3 is 2.52 bits per heavy atom. The molecular formula is C18H26N6O2S. The Morgan fingerprint density at radius 1 is 1.19 bits per heavy atom. The van der Waals surface area contributed by atoms with Crippen molar-refractivity contribution in [3.05, 3.63) is 29.3 Å². The van der Waals surface area contributed by atoms with Gasteiger partial charge in [-0.2, -0.15) is 5.10 Å². The molecule has 0 spiro atoms. The number of rotatable bonds is 6.